The Labute approximate surface area is 179 Å². The van der Waals surface area contributed by atoms with E-state index in [0.29, 0.717) is 36.1 Å². The van der Waals surface area contributed by atoms with E-state index >= 15 is 0 Å². The summed E-state index contributed by atoms with van der Waals surface area (Å²) in [7, 11) is 0. The van der Waals surface area contributed by atoms with Crippen LogP contribution in [0.5, 0.6) is 11.5 Å². The second kappa shape index (κ2) is 8.30. The molecule has 0 saturated carbocycles. The molecule has 31 heavy (non-hydrogen) atoms. The van der Waals surface area contributed by atoms with E-state index in [1.165, 1.54) is 0 Å². The second-order valence-electron chi connectivity index (χ2n) is 8.01. The number of hydrogen-bond acceptors (Lipinski definition) is 5. The highest BCUT2D eigenvalue weighted by molar-refractivity contribution is 5.96. The minimum absolute atomic E-state index is 0.0609. The highest BCUT2D eigenvalue weighted by Crippen LogP contribution is 2.33. The lowest BCUT2D eigenvalue weighted by atomic mass is 9.93. The Hall–Kier alpha value is -3.54. The maximum atomic E-state index is 13.5. The molecule has 0 saturated heterocycles. The molecular formula is C25H23NO5. The van der Waals surface area contributed by atoms with Gasteiger partial charge in [-0.05, 0) is 55.0 Å². The molecule has 2 aliphatic rings. The van der Waals surface area contributed by atoms with Crippen molar-refractivity contribution in [1.29, 1.82) is 0 Å². The maximum Gasteiger partial charge on any atom is 0.349 e. The summed E-state index contributed by atoms with van der Waals surface area (Å²) in [6, 6.07) is 14.5. The molecule has 2 heterocycles. The van der Waals surface area contributed by atoms with E-state index in [2.05, 4.69) is 12.2 Å². The van der Waals surface area contributed by atoms with Crippen LogP contribution in [0.1, 0.15) is 35.2 Å². The lowest BCUT2D eigenvalue weighted by molar-refractivity contribution is 0.0706. The molecule has 0 bridgehead atoms. The van der Waals surface area contributed by atoms with Crippen molar-refractivity contribution < 1.29 is 18.7 Å². The first-order valence-corrected chi connectivity index (χ1v) is 10.5. The summed E-state index contributed by atoms with van der Waals surface area (Å²) >= 11 is 0. The average molecular weight is 417 g/mol. The molecule has 1 aromatic heterocycles. The van der Waals surface area contributed by atoms with Gasteiger partial charge >= 0.3 is 5.63 Å². The molecule has 6 heteroatoms. The van der Waals surface area contributed by atoms with Gasteiger partial charge in [0, 0.05) is 18.5 Å². The van der Waals surface area contributed by atoms with Crippen LogP contribution in [0.15, 0.2) is 69.9 Å². The van der Waals surface area contributed by atoms with Crippen molar-refractivity contribution in [2.75, 3.05) is 13.3 Å². The van der Waals surface area contributed by atoms with Crippen LogP contribution in [0.3, 0.4) is 0 Å². The van der Waals surface area contributed by atoms with Gasteiger partial charge < -0.3 is 18.8 Å². The molecular weight excluding hydrogens is 394 g/mol. The van der Waals surface area contributed by atoms with Crippen LogP contribution in [0, 0.1) is 5.92 Å². The summed E-state index contributed by atoms with van der Waals surface area (Å²) in [5.74, 6) is 1.42. The fraction of sp³-hybridized carbons (Fsp3) is 0.280. The molecule has 1 amide bonds. The van der Waals surface area contributed by atoms with Gasteiger partial charge in [-0.3, -0.25) is 4.79 Å². The van der Waals surface area contributed by atoms with Crippen LogP contribution in [-0.4, -0.2) is 24.1 Å². The van der Waals surface area contributed by atoms with Gasteiger partial charge in [0.2, 0.25) is 6.79 Å². The summed E-state index contributed by atoms with van der Waals surface area (Å²) in [4.78, 5) is 27.9. The fourth-order valence-electron chi connectivity index (χ4n) is 4.19. The van der Waals surface area contributed by atoms with E-state index in [1.807, 2.05) is 30.3 Å². The van der Waals surface area contributed by atoms with Gasteiger partial charge in [0.25, 0.3) is 5.91 Å². The zero-order valence-electron chi connectivity index (χ0n) is 17.1. The molecule has 0 N–H and O–H groups in total. The first-order valence-electron chi connectivity index (χ1n) is 10.5. The van der Waals surface area contributed by atoms with Crippen LogP contribution >= 0.6 is 0 Å². The van der Waals surface area contributed by atoms with Gasteiger partial charge in [-0.2, -0.15) is 0 Å². The van der Waals surface area contributed by atoms with E-state index in [1.54, 1.807) is 23.1 Å². The summed E-state index contributed by atoms with van der Waals surface area (Å²) in [5, 5.41) is 0.731. The van der Waals surface area contributed by atoms with Crippen LogP contribution in [-0.2, 0) is 6.54 Å². The van der Waals surface area contributed by atoms with Crippen LogP contribution in [0.4, 0.5) is 0 Å². The first-order chi connectivity index (χ1) is 15.2. The van der Waals surface area contributed by atoms with Crippen molar-refractivity contribution in [2.45, 2.75) is 25.8 Å². The standard InChI is InChI=1S/C25H23NO5/c27-24(20-13-19-8-4-5-9-21(19)31-25(20)28)26(14-17-6-2-1-3-7-17)15-18-10-11-22-23(12-18)30-16-29-22/h1-2,4-5,8-13,17H,3,6-7,14-16H2. The highest BCUT2D eigenvalue weighted by Gasteiger charge is 2.25. The van der Waals surface area contributed by atoms with Crippen LogP contribution in [0.2, 0.25) is 0 Å². The summed E-state index contributed by atoms with van der Waals surface area (Å²) in [6.45, 7) is 1.15. The highest BCUT2D eigenvalue weighted by atomic mass is 16.7. The van der Waals surface area contributed by atoms with Crippen molar-refractivity contribution in [3.05, 3.63) is 82.2 Å². The number of rotatable bonds is 5. The number of ether oxygens (including phenoxy) is 2. The van der Waals surface area contributed by atoms with E-state index in [0.717, 1.165) is 30.2 Å². The number of para-hydroxylation sites is 1. The second-order valence-corrected chi connectivity index (χ2v) is 8.01. The van der Waals surface area contributed by atoms with Gasteiger partial charge in [0.15, 0.2) is 11.5 Å². The Morgan fingerprint density at radius 1 is 1.03 bits per heavy atom. The summed E-state index contributed by atoms with van der Waals surface area (Å²) < 4.78 is 16.3. The lowest BCUT2D eigenvalue weighted by Gasteiger charge is -2.28. The van der Waals surface area contributed by atoms with Gasteiger partial charge in [-0.25, -0.2) is 4.79 Å². The lowest BCUT2D eigenvalue weighted by Crippen LogP contribution is -2.37. The van der Waals surface area contributed by atoms with Crippen LogP contribution < -0.4 is 15.1 Å². The zero-order chi connectivity index (χ0) is 21.2. The number of nitrogens with zero attached hydrogens (tertiary/aromatic N) is 1. The molecule has 1 aliphatic heterocycles. The van der Waals surface area contributed by atoms with Gasteiger partial charge in [0.05, 0.1) is 0 Å². The fourth-order valence-corrected chi connectivity index (χ4v) is 4.19. The SMILES string of the molecule is O=C(c1cc2ccccc2oc1=O)N(Cc1ccc2c(c1)OCO2)CC1CC=CCC1. The predicted octanol–water partition coefficient (Wildman–Crippen LogP) is 4.52. The molecule has 0 spiro atoms. The number of benzene rings is 2. The Morgan fingerprint density at radius 3 is 2.77 bits per heavy atom. The summed E-state index contributed by atoms with van der Waals surface area (Å²) in [5.41, 5.74) is 0.853. The van der Waals surface area contributed by atoms with Crippen molar-refractivity contribution >= 4 is 16.9 Å². The van der Waals surface area contributed by atoms with Gasteiger partial charge in [0.1, 0.15) is 11.1 Å². The Kier molecular flexibility index (Phi) is 5.20. The zero-order valence-corrected chi connectivity index (χ0v) is 17.1. The molecule has 2 aromatic carbocycles. The molecule has 1 atom stereocenters. The molecule has 0 radical (unpaired) electrons. The first kappa shape index (κ1) is 19.4. The number of amides is 1. The van der Waals surface area contributed by atoms with Gasteiger partial charge in [-0.1, -0.05) is 36.4 Å². The van der Waals surface area contributed by atoms with E-state index in [-0.39, 0.29) is 18.3 Å². The van der Waals surface area contributed by atoms with E-state index < -0.39 is 5.63 Å². The third-order valence-electron chi connectivity index (χ3n) is 5.83. The summed E-state index contributed by atoms with van der Waals surface area (Å²) in [6.07, 6.45) is 7.31. The number of hydrogen-bond donors (Lipinski definition) is 0. The number of allylic oxidation sites excluding steroid dienone is 2. The van der Waals surface area contributed by atoms with Crippen molar-refractivity contribution in [3.63, 3.8) is 0 Å². The number of carbonyl (C=O) groups excluding carboxylic acids is 1. The smallest absolute Gasteiger partial charge is 0.349 e. The molecule has 0 fully saturated rings. The Morgan fingerprint density at radius 2 is 1.90 bits per heavy atom. The quantitative estimate of drug-likeness (QED) is 0.451. The largest absolute Gasteiger partial charge is 0.454 e. The number of fused-ring (bicyclic) bond motifs is 2. The normalized spacial score (nSPS) is 17.1. The monoisotopic (exact) mass is 417 g/mol. The third-order valence-corrected chi connectivity index (χ3v) is 5.83. The molecule has 158 valence electrons. The van der Waals surface area contributed by atoms with Crippen molar-refractivity contribution in [1.82, 2.24) is 4.90 Å². The van der Waals surface area contributed by atoms with E-state index in [9.17, 15) is 9.59 Å². The average Bonchev–Trinajstić information content (AvgIpc) is 3.26. The molecule has 1 aliphatic carbocycles. The Balaban J connectivity index is 1.47. The topological polar surface area (TPSA) is 69.0 Å². The minimum Gasteiger partial charge on any atom is -0.454 e. The third kappa shape index (κ3) is 4.06. The number of carbonyl (C=O) groups is 1. The molecule has 3 aromatic rings. The Bertz CT molecular complexity index is 1210. The molecule has 1 unspecified atom stereocenters. The maximum absolute atomic E-state index is 13.5. The van der Waals surface area contributed by atoms with Crippen LogP contribution in [0.25, 0.3) is 11.0 Å². The molecule has 5 rings (SSSR count). The van der Waals surface area contributed by atoms with E-state index in [4.69, 9.17) is 13.9 Å². The van der Waals surface area contributed by atoms with Gasteiger partial charge in [-0.15, -0.1) is 0 Å². The molecule has 6 nitrogen and oxygen atoms in total. The minimum atomic E-state index is -0.608. The van der Waals surface area contributed by atoms with Crippen molar-refractivity contribution in [3.8, 4) is 11.5 Å². The predicted molar refractivity (Wildman–Crippen MR) is 116 cm³/mol. The van der Waals surface area contributed by atoms with Crippen molar-refractivity contribution in [2.24, 2.45) is 5.92 Å².